The van der Waals surface area contributed by atoms with Crippen LogP contribution in [0.3, 0.4) is 0 Å². The van der Waals surface area contributed by atoms with E-state index in [1.807, 2.05) is 24.3 Å². The van der Waals surface area contributed by atoms with Gasteiger partial charge in [-0.2, -0.15) is 0 Å². The largest absolute Gasteiger partial charge is 0.381 e. The maximum Gasteiger partial charge on any atom is 0.333 e. The third-order valence-corrected chi connectivity index (χ3v) is 9.99. The average molecular weight is 645 g/mol. The Morgan fingerprint density at radius 1 is 0.909 bits per heavy atom. The van der Waals surface area contributed by atoms with Gasteiger partial charge in [-0.25, -0.2) is 18.2 Å². The first-order chi connectivity index (χ1) is 21.3. The minimum absolute atomic E-state index is 0.0909. The van der Waals surface area contributed by atoms with Crippen molar-refractivity contribution in [3.05, 3.63) is 42.5 Å². The van der Waals surface area contributed by atoms with Gasteiger partial charge in [-0.3, -0.25) is 10.9 Å². The Labute approximate surface area is 268 Å². The van der Waals surface area contributed by atoms with Gasteiger partial charge in [0.1, 0.15) is 5.01 Å². The second-order valence-corrected chi connectivity index (χ2v) is 14.7. The molecule has 0 saturated carbocycles. The fourth-order valence-corrected chi connectivity index (χ4v) is 7.06. The molecule has 1 heterocycles. The summed E-state index contributed by atoms with van der Waals surface area (Å²) in [6.07, 6.45) is 17.4. The number of hydrogen-bond donors (Lipinski definition) is 3. The van der Waals surface area contributed by atoms with E-state index in [2.05, 4.69) is 35.0 Å². The third-order valence-electron chi connectivity index (χ3n) is 7.77. The summed E-state index contributed by atoms with van der Waals surface area (Å²) >= 11 is 1.50. The molecule has 3 aromatic rings. The number of hydrazine groups is 1. The number of hydrogen-bond acceptors (Lipinski definition) is 7. The fraction of sp³-hybridized carbons (Fsp3) is 0.588. The molecule has 3 N–H and O–H groups in total. The van der Waals surface area contributed by atoms with Crippen LogP contribution in [0.4, 0.5) is 10.5 Å². The highest BCUT2D eigenvalue weighted by Crippen LogP contribution is 2.33. The first kappa shape index (κ1) is 35.8. The molecule has 8 nitrogen and oxygen atoms in total. The molecule has 244 valence electrons. The number of nitrogens with one attached hydrogen (secondary N) is 3. The van der Waals surface area contributed by atoms with Crippen LogP contribution >= 0.6 is 11.3 Å². The second-order valence-electron chi connectivity index (χ2n) is 11.7. The van der Waals surface area contributed by atoms with E-state index in [1.54, 1.807) is 18.2 Å². The van der Waals surface area contributed by atoms with Gasteiger partial charge in [0.25, 0.3) is 0 Å². The highest BCUT2D eigenvalue weighted by molar-refractivity contribution is 7.90. The molecular weight excluding hydrogens is 593 g/mol. The van der Waals surface area contributed by atoms with E-state index in [-0.39, 0.29) is 4.90 Å². The van der Waals surface area contributed by atoms with Crippen LogP contribution in [0.1, 0.15) is 97.3 Å². The molecule has 2 amide bonds. The molecule has 44 heavy (non-hydrogen) atoms. The van der Waals surface area contributed by atoms with Gasteiger partial charge in [0.2, 0.25) is 0 Å². The van der Waals surface area contributed by atoms with Crippen molar-refractivity contribution in [1.82, 2.24) is 15.7 Å². The summed E-state index contributed by atoms with van der Waals surface area (Å²) in [4.78, 5) is 17.1. The van der Waals surface area contributed by atoms with Gasteiger partial charge in [-0.1, -0.05) is 90.2 Å². The van der Waals surface area contributed by atoms with Gasteiger partial charge in [0.05, 0.1) is 20.8 Å². The lowest BCUT2D eigenvalue weighted by Crippen LogP contribution is -2.40. The first-order valence-corrected chi connectivity index (χ1v) is 19.1. The van der Waals surface area contributed by atoms with Crippen LogP contribution in [0.5, 0.6) is 0 Å². The van der Waals surface area contributed by atoms with Gasteiger partial charge in [0.15, 0.2) is 9.84 Å². The minimum Gasteiger partial charge on any atom is -0.381 e. The van der Waals surface area contributed by atoms with Gasteiger partial charge in [0, 0.05) is 31.6 Å². The van der Waals surface area contributed by atoms with E-state index in [0.717, 1.165) is 28.1 Å². The lowest BCUT2D eigenvalue weighted by molar-refractivity contribution is 0.0895. The number of aromatic nitrogens is 1. The van der Waals surface area contributed by atoms with Crippen LogP contribution < -0.4 is 16.2 Å². The Morgan fingerprint density at radius 2 is 1.59 bits per heavy atom. The Bertz CT molecular complexity index is 1340. The Morgan fingerprint density at radius 3 is 2.30 bits per heavy atom. The zero-order valence-corrected chi connectivity index (χ0v) is 28.5. The Kier molecular flexibility index (Phi) is 16.0. The van der Waals surface area contributed by atoms with Crippen molar-refractivity contribution in [3.63, 3.8) is 0 Å². The van der Waals surface area contributed by atoms with Gasteiger partial charge < -0.3 is 10.1 Å². The predicted octanol–water partition coefficient (Wildman–Crippen LogP) is 8.74. The zero-order chi connectivity index (χ0) is 31.6. The highest BCUT2D eigenvalue weighted by atomic mass is 32.2. The molecule has 0 aliphatic rings. The Hall–Kier alpha value is -2.69. The monoisotopic (exact) mass is 644 g/mol. The number of carbonyl (C=O) groups excluding carboxylic acids is 1. The standard InChI is InChI=1S/C34H52N4O4S2/c1-4-6-8-10-11-13-18-27(17-12-9-7-5-2)26-42-24-16-23-35-34(39)38-37-30-22-21-28(25-32(30)44(3,40)41)33-36-29-19-14-15-20-31(29)43-33/h14-15,19-22,25,27,37H,4-13,16-18,23-24,26H2,1-3H3,(H2,35,38,39). The molecule has 0 aliphatic heterocycles. The molecule has 3 rings (SSSR count). The summed E-state index contributed by atoms with van der Waals surface area (Å²) in [5.41, 5.74) is 7.20. The van der Waals surface area contributed by atoms with Crippen molar-refractivity contribution < 1.29 is 17.9 Å². The van der Waals surface area contributed by atoms with Crippen molar-refractivity contribution in [3.8, 4) is 10.6 Å². The van der Waals surface area contributed by atoms with E-state index >= 15 is 0 Å². The van der Waals surface area contributed by atoms with Crippen LogP contribution in [-0.4, -0.2) is 45.4 Å². The average Bonchev–Trinajstić information content (AvgIpc) is 3.45. The number of unbranched alkanes of at least 4 members (excludes halogenated alkanes) is 8. The van der Waals surface area contributed by atoms with Gasteiger partial charge in [-0.05, 0) is 55.5 Å². The number of amides is 2. The number of carbonyl (C=O) groups is 1. The number of sulfone groups is 1. The number of anilines is 1. The second kappa shape index (κ2) is 19.6. The summed E-state index contributed by atoms with van der Waals surface area (Å²) < 4.78 is 32.2. The van der Waals surface area contributed by atoms with Crippen molar-refractivity contribution in [2.24, 2.45) is 5.92 Å². The molecule has 0 bridgehead atoms. The highest BCUT2D eigenvalue weighted by Gasteiger charge is 2.17. The number of nitrogens with zero attached hydrogens (tertiary/aromatic N) is 1. The molecule has 10 heteroatoms. The quantitative estimate of drug-likeness (QED) is 0.0745. The summed E-state index contributed by atoms with van der Waals surface area (Å²) in [7, 11) is -3.57. The molecule has 0 fully saturated rings. The number of thiazole rings is 1. The summed E-state index contributed by atoms with van der Waals surface area (Å²) in [5, 5.41) is 3.54. The van der Waals surface area contributed by atoms with Crippen molar-refractivity contribution in [1.29, 1.82) is 0 Å². The van der Waals surface area contributed by atoms with E-state index in [0.29, 0.717) is 36.7 Å². The molecule has 2 aromatic carbocycles. The van der Waals surface area contributed by atoms with Crippen molar-refractivity contribution in [2.45, 2.75) is 102 Å². The topological polar surface area (TPSA) is 109 Å². The van der Waals surface area contributed by atoms with Gasteiger partial charge >= 0.3 is 6.03 Å². The number of benzene rings is 2. The summed E-state index contributed by atoms with van der Waals surface area (Å²) in [6.45, 7) is 6.35. The summed E-state index contributed by atoms with van der Waals surface area (Å²) in [5.74, 6) is 0.614. The summed E-state index contributed by atoms with van der Waals surface area (Å²) in [6, 6.07) is 12.4. The predicted molar refractivity (Wildman–Crippen MR) is 184 cm³/mol. The molecule has 0 spiro atoms. The normalized spacial score (nSPS) is 12.3. The van der Waals surface area contributed by atoms with Crippen LogP contribution in [-0.2, 0) is 14.6 Å². The van der Waals surface area contributed by atoms with Crippen molar-refractivity contribution in [2.75, 3.05) is 31.4 Å². The number of urea groups is 1. The van der Waals surface area contributed by atoms with Gasteiger partial charge in [-0.15, -0.1) is 11.3 Å². The number of para-hydroxylation sites is 1. The van der Waals surface area contributed by atoms with E-state index < -0.39 is 15.9 Å². The van der Waals surface area contributed by atoms with E-state index in [1.165, 1.54) is 88.4 Å². The maximum atomic E-state index is 12.6. The molecule has 0 radical (unpaired) electrons. The van der Waals surface area contributed by atoms with Crippen molar-refractivity contribution >= 4 is 43.1 Å². The Balaban J connectivity index is 1.40. The molecule has 1 aromatic heterocycles. The fourth-order valence-electron chi connectivity index (χ4n) is 5.24. The number of rotatable bonds is 22. The van der Waals surface area contributed by atoms with Crippen LogP contribution in [0.2, 0.25) is 0 Å². The molecule has 1 unspecified atom stereocenters. The van der Waals surface area contributed by atoms with E-state index in [4.69, 9.17) is 4.74 Å². The number of fused-ring (bicyclic) bond motifs is 1. The first-order valence-electron chi connectivity index (χ1n) is 16.4. The number of ether oxygens (including phenoxy) is 1. The molecule has 0 saturated heterocycles. The van der Waals surface area contributed by atoms with E-state index in [9.17, 15) is 13.2 Å². The smallest absolute Gasteiger partial charge is 0.333 e. The molecular formula is C34H52N4O4S2. The van der Waals surface area contributed by atoms with Crippen LogP contribution in [0, 0.1) is 5.92 Å². The molecule has 0 aliphatic carbocycles. The minimum atomic E-state index is -3.57. The van der Waals surface area contributed by atoms with Crippen LogP contribution in [0.15, 0.2) is 47.4 Å². The third kappa shape index (κ3) is 12.7. The SMILES string of the molecule is CCCCCCCCC(CCCCCC)COCCCNC(=O)NNc1ccc(-c2nc3ccccc3s2)cc1S(C)(=O)=O. The maximum absolute atomic E-state index is 12.6. The lowest BCUT2D eigenvalue weighted by Gasteiger charge is -2.17. The zero-order valence-electron chi connectivity index (χ0n) is 26.8. The van der Waals surface area contributed by atoms with Crippen LogP contribution in [0.25, 0.3) is 20.8 Å². The lowest BCUT2D eigenvalue weighted by atomic mass is 9.95. The molecule has 1 atom stereocenters.